The Morgan fingerprint density at radius 2 is 2.05 bits per heavy atom. The third kappa shape index (κ3) is 3.97. The number of carbonyl (C=O) groups is 1. The number of nitrogens with one attached hydrogen (secondary N) is 1. The molecule has 1 N–H and O–H groups in total. The molecule has 0 saturated heterocycles. The minimum Gasteiger partial charge on any atom is -0.356 e. The van der Waals surface area contributed by atoms with E-state index >= 15 is 0 Å². The van der Waals surface area contributed by atoms with Crippen LogP contribution in [0.1, 0.15) is 31.0 Å². The molecule has 0 spiro atoms. The Kier molecular flexibility index (Phi) is 5.06. The molecule has 0 atom stereocenters. The first-order valence-electron chi connectivity index (χ1n) is 7.41. The number of aromatic nitrogens is 1. The SMILES string of the molecule is CCCc1c(CCC(=O)C=S(C)(C)=O)[nH]c2c(F)cccc12. The highest BCUT2D eigenvalue weighted by Gasteiger charge is 2.14. The van der Waals surface area contributed by atoms with Gasteiger partial charge in [0.2, 0.25) is 0 Å². The lowest BCUT2D eigenvalue weighted by molar-refractivity contribution is -0.112. The van der Waals surface area contributed by atoms with E-state index in [0.717, 1.165) is 29.5 Å². The Balaban J connectivity index is 2.31. The van der Waals surface area contributed by atoms with Gasteiger partial charge in [0.15, 0.2) is 5.78 Å². The molecule has 0 amide bonds. The molecule has 5 heteroatoms. The molecule has 1 heterocycles. The van der Waals surface area contributed by atoms with Crippen molar-refractivity contribution < 1.29 is 13.4 Å². The molecular formula is C17H22FNO2S. The van der Waals surface area contributed by atoms with E-state index in [1.165, 1.54) is 11.4 Å². The molecule has 0 saturated carbocycles. The first-order valence-corrected chi connectivity index (χ1v) is 9.85. The Morgan fingerprint density at radius 3 is 2.68 bits per heavy atom. The number of aryl methyl sites for hydroxylation is 2. The number of hydrogen-bond acceptors (Lipinski definition) is 2. The van der Waals surface area contributed by atoms with Crippen LogP contribution in [0.2, 0.25) is 0 Å². The number of fused-ring (bicyclic) bond motifs is 1. The van der Waals surface area contributed by atoms with Crippen molar-refractivity contribution in [2.24, 2.45) is 0 Å². The van der Waals surface area contributed by atoms with Crippen LogP contribution in [0.25, 0.3) is 10.9 Å². The molecular weight excluding hydrogens is 301 g/mol. The summed E-state index contributed by atoms with van der Waals surface area (Å²) < 4.78 is 25.5. The average Bonchev–Trinajstić information content (AvgIpc) is 2.75. The maximum Gasteiger partial charge on any atom is 0.163 e. The smallest absolute Gasteiger partial charge is 0.163 e. The number of ketones is 1. The van der Waals surface area contributed by atoms with Gasteiger partial charge in [0, 0.05) is 35.4 Å². The van der Waals surface area contributed by atoms with Gasteiger partial charge >= 0.3 is 0 Å². The van der Waals surface area contributed by atoms with Crippen molar-refractivity contribution in [3.05, 3.63) is 35.3 Å². The number of para-hydroxylation sites is 1. The van der Waals surface area contributed by atoms with E-state index in [0.29, 0.717) is 11.9 Å². The van der Waals surface area contributed by atoms with Gasteiger partial charge in [0.25, 0.3) is 0 Å². The van der Waals surface area contributed by atoms with Crippen LogP contribution in [-0.4, -0.2) is 32.9 Å². The van der Waals surface area contributed by atoms with Crippen molar-refractivity contribution in [3.8, 4) is 0 Å². The summed E-state index contributed by atoms with van der Waals surface area (Å²) in [6.07, 6.45) is 5.68. The lowest BCUT2D eigenvalue weighted by atomic mass is 10.0. The summed E-state index contributed by atoms with van der Waals surface area (Å²) in [7, 11) is -2.17. The number of benzene rings is 1. The Hall–Kier alpha value is -1.62. The summed E-state index contributed by atoms with van der Waals surface area (Å²) in [6.45, 7) is 2.07. The van der Waals surface area contributed by atoms with Gasteiger partial charge in [-0.3, -0.25) is 9.00 Å². The predicted molar refractivity (Wildman–Crippen MR) is 91.6 cm³/mol. The second kappa shape index (κ2) is 6.65. The monoisotopic (exact) mass is 323 g/mol. The molecule has 2 rings (SSSR count). The maximum atomic E-state index is 13.9. The Bertz CT molecular complexity index is 805. The summed E-state index contributed by atoms with van der Waals surface area (Å²) in [5, 5.41) is 2.19. The van der Waals surface area contributed by atoms with Gasteiger partial charge in [-0.25, -0.2) is 4.39 Å². The van der Waals surface area contributed by atoms with Crippen LogP contribution in [-0.2, 0) is 27.2 Å². The highest BCUT2D eigenvalue weighted by Crippen LogP contribution is 2.26. The van der Waals surface area contributed by atoms with E-state index in [2.05, 4.69) is 11.9 Å². The topological polar surface area (TPSA) is 49.9 Å². The fourth-order valence-corrected chi connectivity index (χ4v) is 3.42. The lowest BCUT2D eigenvalue weighted by Crippen LogP contribution is -2.09. The molecule has 0 aliphatic carbocycles. The van der Waals surface area contributed by atoms with Crippen LogP contribution in [0.4, 0.5) is 4.39 Å². The fraction of sp³-hybridized carbons (Fsp3) is 0.412. The number of aromatic amines is 1. The number of hydrogen-bond donors (Lipinski definition) is 1. The van der Waals surface area contributed by atoms with Gasteiger partial charge in [0.1, 0.15) is 5.82 Å². The number of Topliss-reactive ketones (excluding diaryl/α,β-unsaturated/α-hetero) is 1. The van der Waals surface area contributed by atoms with Crippen molar-refractivity contribution >= 4 is 31.6 Å². The van der Waals surface area contributed by atoms with Gasteiger partial charge in [-0.1, -0.05) is 25.5 Å². The molecule has 0 aliphatic heterocycles. The number of halogens is 1. The van der Waals surface area contributed by atoms with E-state index in [-0.39, 0.29) is 18.0 Å². The quantitative estimate of drug-likeness (QED) is 0.831. The second-order valence-electron chi connectivity index (χ2n) is 5.89. The first-order chi connectivity index (χ1) is 10.3. The van der Waals surface area contributed by atoms with E-state index in [4.69, 9.17) is 0 Å². The van der Waals surface area contributed by atoms with Crippen LogP contribution in [0.3, 0.4) is 0 Å². The van der Waals surface area contributed by atoms with Crippen molar-refractivity contribution in [2.45, 2.75) is 32.6 Å². The first kappa shape index (κ1) is 16.7. The van der Waals surface area contributed by atoms with E-state index < -0.39 is 9.52 Å². The van der Waals surface area contributed by atoms with Gasteiger partial charge in [-0.15, -0.1) is 0 Å². The lowest BCUT2D eigenvalue weighted by Gasteiger charge is -2.03. The molecule has 0 bridgehead atoms. The van der Waals surface area contributed by atoms with Gasteiger partial charge < -0.3 is 4.98 Å². The molecule has 1 aromatic heterocycles. The zero-order valence-electron chi connectivity index (χ0n) is 13.2. The largest absolute Gasteiger partial charge is 0.356 e. The zero-order valence-corrected chi connectivity index (χ0v) is 14.1. The minimum atomic E-state index is -2.17. The zero-order chi connectivity index (χ0) is 16.3. The normalized spacial score (nSPS) is 11.8. The molecule has 22 heavy (non-hydrogen) atoms. The van der Waals surface area contributed by atoms with Crippen LogP contribution in [0.5, 0.6) is 0 Å². The second-order valence-corrected chi connectivity index (χ2v) is 8.74. The van der Waals surface area contributed by atoms with Crippen molar-refractivity contribution in [2.75, 3.05) is 12.5 Å². The summed E-state index contributed by atoms with van der Waals surface area (Å²) in [6, 6.07) is 5.04. The van der Waals surface area contributed by atoms with Crippen molar-refractivity contribution in [1.82, 2.24) is 4.98 Å². The molecule has 0 unspecified atom stereocenters. The van der Waals surface area contributed by atoms with Gasteiger partial charge in [-0.05, 0) is 34.0 Å². The number of carbonyl (C=O) groups excluding carboxylic acids is 1. The molecule has 0 fully saturated rings. The summed E-state index contributed by atoms with van der Waals surface area (Å²) in [4.78, 5) is 15.0. The van der Waals surface area contributed by atoms with Crippen molar-refractivity contribution in [1.29, 1.82) is 0 Å². The molecule has 0 aliphatic rings. The number of rotatable bonds is 6. The molecule has 1 aromatic carbocycles. The third-order valence-electron chi connectivity index (χ3n) is 3.52. The van der Waals surface area contributed by atoms with Crippen LogP contribution in [0, 0.1) is 5.82 Å². The Labute approximate surface area is 130 Å². The summed E-state index contributed by atoms with van der Waals surface area (Å²) in [5.41, 5.74) is 2.49. The van der Waals surface area contributed by atoms with E-state index in [1.54, 1.807) is 18.6 Å². The van der Waals surface area contributed by atoms with E-state index in [9.17, 15) is 13.4 Å². The number of H-pyrrole nitrogens is 1. The van der Waals surface area contributed by atoms with Crippen LogP contribution < -0.4 is 0 Å². The van der Waals surface area contributed by atoms with E-state index in [1.807, 2.05) is 6.07 Å². The van der Waals surface area contributed by atoms with Gasteiger partial charge in [0.05, 0.1) is 5.52 Å². The maximum absolute atomic E-state index is 13.9. The third-order valence-corrected chi connectivity index (χ3v) is 4.35. The molecule has 120 valence electrons. The summed E-state index contributed by atoms with van der Waals surface area (Å²) in [5.74, 6) is -0.402. The highest BCUT2D eigenvalue weighted by atomic mass is 32.2. The summed E-state index contributed by atoms with van der Waals surface area (Å²) >= 11 is 0. The predicted octanol–water partition coefficient (Wildman–Crippen LogP) is 3.11. The Morgan fingerprint density at radius 1 is 1.32 bits per heavy atom. The standard InChI is InChI=1S/C17H22FNO2S/c1-4-6-13-14-7-5-8-15(18)17(14)19-16(13)10-9-12(20)11-22(2,3)21/h5,7-8,11,19H,4,6,9-10H2,1-3H3. The minimum absolute atomic E-state index is 0.128. The molecule has 0 radical (unpaired) electrons. The molecule has 3 nitrogen and oxygen atoms in total. The average molecular weight is 323 g/mol. The molecule has 2 aromatic rings. The van der Waals surface area contributed by atoms with Crippen molar-refractivity contribution in [3.63, 3.8) is 0 Å². The van der Waals surface area contributed by atoms with Gasteiger partial charge in [-0.2, -0.15) is 0 Å². The van der Waals surface area contributed by atoms with Crippen LogP contribution in [0.15, 0.2) is 18.2 Å². The fourth-order valence-electron chi connectivity index (χ4n) is 2.66. The van der Waals surface area contributed by atoms with Crippen LogP contribution >= 0.6 is 0 Å². The highest BCUT2D eigenvalue weighted by molar-refractivity contribution is 8.01.